The zero-order valence-corrected chi connectivity index (χ0v) is 14.9. The van der Waals surface area contributed by atoms with Crippen LogP contribution in [0.3, 0.4) is 0 Å². The average molecular weight is 326 g/mol. The van der Waals surface area contributed by atoms with Crippen LogP contribution in [-0.4, -0.2) is 80.4 Å². The fourth-order valence-electron chi connectivity index (χ4n) is 3.31. The number of urea groups is 1. The van der Waals surface area contributed by atoms with Crippen molar-refractivity contribution in [3.8, 4) is 0 Å². The van der Waals surface area contributed by atoms with Crippen molar-refractivity contribution in [2.75, 3.05) is 59.0 Å². The van der Waals surface area contributed by atoms with Crippen LogP contribution in [0.5, 0.6) is 0 Å². The van der Waals surface area contributed by atoms with Gasteiger partial charge in [0.15, 0.2) is 0 Å². The second-order valence-electron chi connectivity index (χ2n) is 7.28. The van der Waals surface area contributed by atoms with E-state index in [9.17, 15) is 4.79 Å². The van der Waals surface area contributed by atoms with E-state index in [1.54, 1.807) is 0 Å². The lowest BCUT2D eigenvalue weighted by Gasteiger charge is -2.40. The van der Waals surface area contributed by atoms with Crippen molar-refractivity contribution < 1.29 is 9.53 Å². The molecule has 2 aliphatic heterocycles. The number of nitrogens with one attached hydrogen (secondary N) is 2. The van der Waals surface area contributed by atoms with Crippen molar-refractivity contribution in [1.82, 2.24) is 20.4 Å². The number of nitrogens with zero attached hydrogens (tertiary/aromatic N) is 2. The van der Waals surface area contributed by atoms with Crippen LogP contribution < -0.4 is 10.6 Å². The molecule has 0 aromatic rings. The van der Waals surface area contributed by atoms with E-state index >= 15 is 0 Å². The molecule has 0 unspecified atom stereocenters. The Morgan fingerprint density at radius 3 is 2.43 bits per heavy atom. The molecule has 134 valence electrons. The molecule has 2 fully saturated rings. The Morgan fingerprint density at radius 2 is 1.74 bits per heavy atom. The zero-order valence-electron chi connectivity index (χ0n) is 14.9. The highest BCUT2D eigenvalue weighted by molar-refractivity contribution is 5.73. The van der Waals surface area contributed by atoms with Crippen LogP contribution in [-0.2, 0) is 4.74 Å². The van der Waals surface area contributed by atoms with Crippen LogP contribution >= 0.6 is 0 Å². The first-order valence-corrected chi connectivity index (χ1v) is 9.15. The zero-order chi connectivity index (χ0) is 16.5. The SMILES string of the molecule is CC(C)(CNC(=O)NCCCCN1CCCC1)N1CCOCC1. The molecule has 2 amide bonds. The Bertz CT molecular complexity index is 351. The molecular formula is C17H34N4O2. The molecular weight excluding hydrogens is 292 g/mol. The number of rotatable bonds is 8. The Balaban J connectivity index is 1.51. The molecule has 2 N–H and O–H groups in total. The third-order valence-electron chi connectivity index (χ3n) is 4.93. The summed E-state index contributed by atoms with van der Waals surface area (Å²) in [7, 11) is 0. The van der Waals surface area contributed by atoms with E-state index in [-0.39, 0.29) is 11.6 Å². The van der Waals surface area contributed by atoms with E-state index in [1.807, 2.05) is 0 Å². The average Bonchev–Trinajstić information content (AvgIpc) is 3.07. The van der Waals surface area contributed by atoms with Crippen molar-refractivity contribution in [2.24, 2.45) is 0 Å². The molecule has 2 heterocycles. The topological polar surface area (TPSA) is 56.8 Å². The van der Waals surface area contributed by atoms with Crippen LogP contribution in [0.2, 0.25) is 0 Å². The van der Waals surface area contributed by atoms with Gasteiger partial charge in [0.05, 0.1) is 13.2 Å². The number of hydrogen-bond acceptors (Lipinski definition) is 4. The first-order chi connectivity index (χ1) is 11.1. The van der Waals surface area contributed by atoms with Crippen LogP contribution in [0.15, 0.2) is 0 Å². The molecule has 0 aromatic heterocycles. The highest BCUT2D eigenvalue weighted by Gasteiger charge is 2.28. The third-order valence-corrected chi connectivity index (χ3v) is 4.93. The summed E-state index contributed by atoms with van der Waals surface area (Å²) >= 11 is 0. The van der Waals surface area contributed by atoms with Gasteiger partial charge in [-0.2, -0.15) is 0 Å². The second kappa shape index (κ2) is 9.45. The van der Waals surface area contributed by atoms with Crippen LogP contribution in [0.25, 0.3) is 0 Å². The van der Waals surface area contributed by atoms with E-state index < -0.39 is 0 Å². The molecule has 0 saturated carbocycles. The predicted molar refractivity (Wildman–Crippen MR) is 92.8 cm³/mol. The highest BCUT2D eigenvalue weighted by atomic mass is 16.5. The maximum absolute atomic E-state index is 11.9. The summed E-state index contributed by atoms with van der Waals surface area (Å²) in [5.74, 6) is 0. The molecule has 0 spiro atoms. The van der Waals surface area contributed by atoms with E-state index in [0.29, 0.717) is 6.54 Å². The van der Waals surface area contributed by atoms with Gasteiger partial charge in [0.1, 0.15) is 0 Å². The van der Waals surface area contributed by atoms with Gasteiger partial charge in [0, 0.05) is 31.7 Å². The molecule has 2 saturated heterocycles. The maximum atomic E-state index is 11.9. The van der Waals surface area contributed by atoms with E-state index in [2.05, 4.69) is 34.3 Å². The Labute approximate surface area is 140 Å². The van der Waals surface area contributed by atoms with Gasteiger partial charge in [-0.3, -0.25) is 4.90 Å². The van der Waals surface area contributed by atoms with Gasteiger partial charge >= 0.3 is 6.03 Å². The summed E-state index contributed by atoms with van der Waals surface area (Å²) in [5.41, 5.74) is -0.0309. The minimum Gasteiger partial charge on any atom is -0.379 e. The lowest BCUT2D eigenvalue weighted by molar-refractivity contribution is -0.00874. The largest absolute Gasteiger partial charge is 0.379 e. The van der Waals surface area contributed by atoms with Crippen molar-refractivity contribution in [3.63, 3.8) is 0 Å². The van der Waals surface area contributed by atoms with Gasteiger partial charge < -0.3 is 20.3 Å². The second-order valence-corrected chi connectivity index (χ2v) is 7.28. The Kier molecular flexibility index (Phi) is 7.59. The van der Waals surface area contributed by atoms with Gasteiger partial charge in [-0.15, -0.1) is 0 Å². The van der Waals surface area contributed by atoms with Gasteiger partial charge in [0.2, 0.25) is 0 Å². The molecule has 0 aromatic carbocycles. The number of unbranched alkanes of at least 4 members (excludes halogenated alkanes) is 1. The summed E-state index contributed by atoms with van der Waals surface area (Å²) in [6.45, 7) is 12.9. The quantitative estimate of drug-likeness (QED) is 0.660. The Morgan fingerprint density at radius 1 is 1.04 bits per heavy atom. The molecule has 0 bridgehead atoms. The minimum absolute atomic E-state index is 0.0309. The number of ether oxygens (including phenoxy) is 1. The molecule has 2 aliphatic rings. The number of morpholine rings is 1. The molecule has 6 nitrogen and oxygen atoms in total. The summed E-state index contributed by atoms with van der Waals surface area (Å²) in [6, 6.07) is -0.0486. The molecule has 2 rings (SSSR count). The minimum atomic E-state index is -0.0486. The lowest BCUT2D eigenvalue weighted by Crippen LogP contribution is -2.56. The van der Waals surface area contributed by atoms with Gasteiger partial charge in [0.25, 0.3) is 0 Å². The number of hydrogen-bond donors (Lipinski definition) is 2. The van der Waals surface area contributed by atoms with E-state index in [0.717, 1.165) is 39.3 Å². The van der Waals surface area contributed by atoms with Gasteiger partial charge in [-0.25, -0.2) is 4.79 Å². The summed E-state index contributed by atoms with van der Waals surface area (Å²) < 4.78 is 5.39. The van der Waals surface area contributed by atoms with Gasteiger partial charge in [-0.05, 0) is 59.2 Å². The van der Waals surface area contributed by atoms with Crippen molar-refractivity contribution in [3.05, 3.63) is 0 Å². The smallest absolute Gasteiger partial charge is 0.314 e. The monoisotopic (exact) mass is 326 g/mol. The molecule has 0 radical (unpaired) electrons. The molecule has 6 heteroatoms. The van der Waals surface area contributed by atoms with Crippen LogP contribution in [0.1, 0.15) is 39.5 Å². The first-order valence-electron chi connectivity index (χ1n) is 9.15. The number of carbonyl (C=O) groups is 1. The Hall–Kier alpha value is -0.850. The molecule has 0 atom stereocenters. The highest BCUT2D eigenvalue weighted by Crippen LogP contribution is 2.15. The molecule has 0 aliphatic carbocycles. The van der Waals surface area contributed by atoms with E-state index in [1.165, 1.54) is 38.9 Å². The first kappa shape index (κ1) is 18.5. The van der Waals surface area contributed by atoms with Crippen LogP contribution in [0.4, 0.5) is 4.79 Å². The van der Waals surface area contributed by atoms with Crippen molar-refractivity contribution >= 4 is 6.03 Å². The van der Waals surface area contributed by atoms with Crippen molar-refractivity contribution in [2.45, 2.75) is 45.1 Å². The standard InChI is InChI=1S/C17H34N4O2/c1-17(2,21-11-13-23-14-12-21)15-19-16(22)18-7-3-4-8-20-9-5-6-10-20/h3-15H2,1-2H3,(H2,18,19,22). The lowest BCUT2D eigenvalue weighted by atomic mass is 10.0. The summed E-state index contributed by atoms with van der Waals surface area (Å²) in [6.07, 6.45) is 4.91. The summed E-state index contributed by atoms with van der Waals surface area (Å²) in [4.78, 5) is 16.8. The number of carbonyl (C=O) groups excluding carboxylic acids is 1. The molecule has 23 heavy (non-hydrogen) atoms. The van der Waals surface area contributed by atoms with Crippen molar-refractivity contribution in [1.29, 1.82) is 0 Å². The fraction of sp³-hybridized carbons (Fsp3) is 0.941. The maximum Gasteiger partial charge on any atom is 0.314 e. The fourth-order valence-corrected chi connectivity index (χ4v) is 3.31. The third kappa shape index (κ3) is 6.65. The summed E-state index contributed by atoms with van der Waals surface area (Å²) in [5, 5.41) is 5.98. The van der Waals surface area contributed by atoms with Crippen LogP contribution in [0, 0.1) is 0 Å². The van der Waals surface area contributed by atoms with Gasteiger partial charge in [-0.1, -0.05) is 0 Å². The predicted octanol–water partition coefficient (Wildman–Crippen LogP) is 1.27. The normalized spacial score (nSPS) is 20.6. The van der Waals surface area contributed by atoms with E-state index in [4.69, 9.17) is 4.74 Å². The number of likely N-dealkylation sites (tertiary alicyclic amines) is 1. The number of amides is 2.